The molecular formula is C42H46Cl2Zr. The first-order valence-electron chi connectivity index (χ1n) is 15.3. The summed E-state index contributed by atoms with van der Waals surface area (Å²) in [7, 11) is 0. The van der Waals surface area contributed by atoms with E-state index >= 15 is 0 Å². The molecule has 1 aliphatic carbocycles. The molecule has 45 heavy (non-hydrogen) atoms. The summed E-state index contributed by atoms with van der Waals surface area (Å²) in [5, 5.41) is 0. The summed E-state index contributed by atoms with van der Waals surface area (Å²) in [5.41, 5.74) is 18.9. The van der Waals surface area contributed by atoms with Crippen LogP contribution < -0.4 is 24.8 Å². The van der Waals surface area contributed by atoms with Crippen molar-refractivity contribution in [1.82, 2.24) is 0 Å². The maximum atomic E-state index is 3.95. The topological polar surface area (TPSA) is 0 Å². The van der Waals surface area contributed by atoms with Crippen LogP contribution in [0.4, 0.5) is 0 Å². The molecule has 0 amide bonds. The number of fused-ring (bicyclic) bond motifs is 3. The van der Waals surface area contributed by atoms with Crippen LogP contribution in [0.1, 0.15) is 86.1 Å². The predicted octanol–water partition coefficient (Wildman–Crippen LogP) is 5.63. The van der Waals surface area contributed by atoms with Crippen LogP contribution in [-0.2, 0) is 43.5 Å². The van der Waals surface area contributed by atoms with Crippen molar-refractivity contribution in [3.63, 3.8) is 0 Å². The van der Waals surface area contributed by atoms with Crippen molar-refractivity contribution in [2.45, 2.75) is 86.5 Å². The molecule has 6 rings (SSSR count). The van der Waals surface area contributed by atoms with Crippen LogP contribution in [0.15, 0.2) is 84.9 Å². The molecule has 0 spiro atoms. The van der Waals surface area contributed by atoms with Gasteiger partial charge in [-0.3, -0.25) is 0 Å². The van der Waals surface area contributed by atoms with Crippen molar-refractivity contribution >= 4 is 0 Å². The van der Waals surface area contributed by atoms with Gasteiger partial charge in [-0.15, -0.1) is 28.8 Å². The van der Waals surface area contributed by atoms with Crippen LogP contribution in [0.25, 0.3) is 33.4 Å². The van der Waals surface area contributed by atoms with Gasteiger partial charge >= 0.3 is 26.2 Å². The van der Waals surface area contributed by atoms with E-state index < -0.39 is 0 Å². The number of hydrogen-bond acceptors (Lipinski definition) is 0. The smallest absolute Gasteiger partial charge is 1.00 e. The molecule has 0 fully saturated rings. The molecule has 1 aliphatic rings. The maximum Gasteiger partial charge on any atom is 4.00 e. The standard InChI is InChI=1S/C37H41.C5H5.2ClH.Zr/c1-22-11-23(2)14-26(13-22)32-18-28-17-29-19-33(27-15-24(3)12-25(4)16-27)35(37(8,9)10)21-31(29)30(28)20-34(32)36(5,6)7;1-2-4-5-3-1;;;/h11-16,18,20-21H,17H2,1-10H3;1-5H;2*1H;/q2*-1;;;+4/p-2. The SMILES string of the molecule is Cc1cc(C)cc(-c2[c-]c3c(cc2C(C)(C)C)-c2cc(C(C)(C)C)c(-c4cc(C)cc(C)c4)cc2C3)c1.[Cl-].[Cl-].[Zr+4].c1cc[cH-]c1. The minimum absolute atomic E-state index is 0. The molecule has 3 heteroatoms. The molecule has 0 radical (unpaired) electrons. The molecule has 0 saturated carbocycles. The minimum atomic E-state index is 0. The van der Waals surface area contributed by atoms with Gasteiger partial charge in [-0.1, -0.05) is 129 Å². The van der Waals surface area contributed by atoms with Crippen LogP contribution in [0.3, 0.4) is 0 Å². The number of aryl methyl sites for hydroxylation is 4. The van der Waals surface area contributed by atoms with Crippen LogP contribution in [0.5, 0.6) is 0 Å². The fourth-order valence-corrected chi connectivity index (χ4v) is 6.45. The summed E-state index contributed by atoms with van der Waals surface area (Å²) in [6, 6.07) is 35.2. The Labute approximate surface area is 304 Å². The van der Waals surface area contributed by atoms with Crippen LogP contribution >= 0.6 is 0 Å². The summed E-state index contributed by atoms with van der Waals surface area (Å²) in [5.74, 6) is 0. The first kappa shape index (κ1) is 38.9. The molecule has 0 N–H and O–H groups in total. The largest absolute Gasteiger partial charge is 4.00 e. The molecule has 0 heterocycles. The molecule has 0 aromatic heterocycles. The van der Waals surface area contributed by atoms with E-state index in [2.05, 4.69) is 130 Å². The van der Waals surface area contributed by atoms with E-state index in [0.29, 0.717) is 0 Å². The second-order valence-corrected chi connectivity index (χ2v) is 14.4. The van der Waals surface area contributed by atoms with Crippen LogP contribution in [0, 0.1) is 33.8 Å². The summed E-state index contributed by atoms with van der Waals surface area (Å²) < 4.78 is 0. The van der Waals surface area contributed by atoms with Crippen molar-refractivity contribution in [1.29, 1.82) is 0 Å². The molecule has 0 aliphatic heterocycles. The summed E-state index contributed by atoms with van der Waals surface area (Å²) >= 11 is 0. The van der Waals surface area contributed by atoms with E-state index in [4.69, 9.17) is 0 Å². The zero-order chi connectivity index (χ0) is 30.4. The van der Waals surface area contributed by atoms with Gasteiger partial charge in [0.15, 0.2) is 0 Å². The quantitative estimate of drug-likeness (QED) is 0.204. The van der Waals surface area contributed by atoms with Crippen LogP contribution in [-0.4, -0.2) is 0 Å². The van der Waals surface area contributed by atoms with Gasteiger partial charge in [0.25, 0.3) is 0 Å². The van der Waals surface area contributed by atoms with Crippen molar-refractivity contribution in [3.8, 4) is 33.4 Å². The zero-order valence-corrected chi connectivity index (χ0v) is 32.5. The molecule has 0 bridgehead atoms. The van der Waals surface area contributed by atoms with Crippen molar-refractivity contribution in [2.75, 3.05) is 0 Å². The zero-order valence-electron chi connectivity index (χ0n) is 28.5. The Kier molecular flexibility index (Phi) is 13.0. The average Bonchev–Trinajstić information content (AvgIpc) is 3.56. The fourth-order valence-electron chi connectivity index (χ4n) is 6.45. The van der Waals surface area contributed by atoms with Gasteiger partial charge in [0.05, 0.1) is 0 Å². The van der Waals surface area contributed by atoms with Crippen molar-refractivity contribution < 1.29 is 51.0 Å². The number of halogens is 2. The molecule has 0 unspecified atom stereocenters. The van der Waals surface area contributed by atoms with E-state index in [9.17, 15) is 0 Å². The average molecular weight is 713 g/mol. The number of benzene rings is 4. The molecular weight excluding hydrogens is 667 g/mol. The molecule has 5 aromatic carbocycles. The van der Waals surface area contributed by atoms with E-state index in [-0.39, 0.29) is 61.8 Å². The van der Waals surface area contributed by atoms with Gasteiger partial charge in [-0.05, 0) is 67.2 Å². The minimum Gasteiger partial charge on any atom is -1.00 e. The first-order chi connectivity index (χ1) is 19.7. The van der Waals surface area contributed by atoms with Crippen molar-refractivity contribution in [3.05, 3.63) is 136 Å². The summed E-state index contributed by atoms with van der Waals surface area (Å²) in [6.07, 6.45) is 0.940. The van der Waals surface area contributed by atoms with Crippen LogP contribution in [0.2, 0.25) is 0 Å². The second-order valence-electron chi connectivity index (χ2n) is 14.4. The first-order valence-corrected chi connectivity index (χ1v) is 15.3. The Morgan fingerprint density at radius 2 is 1.02 bits per heavy atom. The third-order valence-corrected chi connectivity index (χ3v) is 8.27. The van der Waals surface area contributed by atoms with E-state index in [0.717, 1.165) is 6.42 Å². The molecule has 0 saturated heterocycles. The maximum absolute atomic E-state index is 3.95. The summed E-state index contributed by atoms with van der Waals surface area (Å²) in [4.78, 5) is 0. The molecule has 0 nitrogen and oxygen atoms in total. The molecule has 232 valence electrons. The number of rotatable bonds is 2. The number of hydrogen-bond donors (Lipinski definition) is 0. The van der Waals surface area contributed by atoms with Crippen molar-refractivity contribution in [2.24, 2.45) is 0 Å². The van der Waals surface area contributed by atoms with Gasteiger partial charge in [-0.25, -0.2) is 12.1 Å². The van der Waals surface area contributed by atoms with E-state index in [1.165, 1.54) is 77.9 Å². The normalized spacial score (nSPS) is 11.6. The van der Waals surface area contributed by atoms with E-state index in [1.54, 1.807) is 0 Å². The Morgan fingerprint density at radius 3 is 1.47 bits per heavy atom. The summed E-state index contributed by atoms with van der Waals surface area (Å²) in [6.45, 7) is 22.8. The Hall–Kier alpha value is -2.31. The van der Waals surface area contributed by atoms with Gasteiger partial charge < -0.3 is 24.8 Å². The van der Waals surface area contributed by atoms with Gasteiger partial charge in [0.2, 0.25) is 0 Å². The van der Waals surface area contributed by atoms with E-state index in [1.807, 2.05) is 30.3 Å². The van der Waals surface area contributed by atoms with Gasteiger partial charge in [0, 0.05) is 0 Å². The molecule has 5 aromatic rings. The Morgan fingerprint density at radius 1 is 0.556 bits per heavy atom. The Bertz CT molecular complexity index is 1570. The fraction of sp³-hybridized carbons (Fsp3) is 0.310. The Balaban J connectivity index is 0.000000805. The van der Waals surface area contributed by atoms with Gasteiger partial charge in [-0.2, -0.15) is 18.2 Å². The second kappa shape index (κ2) is 15.1. The van der Waals surface area contributed by atoms with Gasteiger partial charge in [0.1, 0.15) is 0 Å². The molecule has 0 atom stereocenters. The third kappa shape index (κ3) is 8.74. The monoisotopic (exact) mass is 710 g/mol. The predicted molar refractivity (Wildman–Crippen MR) is 183 cm³/mol. The third-order valence-electron chi connectivity index (χ3n) is 8.27.